The monoisotopic (exact) mass is 245 g/mol. The van der Waals surface area contributed by atoms with E-state index < -0.39 is 12.1 Å². The molecule has 2 unspecified atom stereocenters. The largest absolute Gasteiger partial charge is 0.481 e. The van der Waals surface area contributed by atoms with Crippen LogP contribution in [-0.4, -0.2) is 48.9 Å². The number of carboxylic acids is 1. The van der Waals surface area contributed by atoms with Crippen LogP contribution in [0, 0.1) is 0 Å². The van der Waals surface area contributed by atoms with Crippen molar-refractivity contribution in [3.05, 3.63) is 0 Å². The van der Waals surface area contributed by atoms with Crippen LogP contribution in [0.3, 0.4) is 0 Å². The molecule has 0 aliphatic carbocycles. The summed E-state index contributed by atoms with van der Waals surface area (Å²) in [6, 6.07) is -0.0487. The normalized spacial score (nSPS) is 21.8. The minimum absolute atomic E-state index is 0.0487. The average molecular weight is 245 g/mol. The molecule has 2 N–H and O–H groups in total. The Kier molecular flexibility index (Phi) is 5.93. The van der Waals surface area contributed by atoms with Crippen molar-refractivity contribution < 1.29 is 24.2 Å². The minimum Gasteiger partial charge on any atom is -0.481 e. The number of rotatable bonds is 6. The lowest BCUT2D eigenvalue weighted by molar-refractivity contribution is -0.148. The fraction of sp³-hybridized carbons (Fsp3) is 0.818. The maximum atomic E-state index is 11.7. The van der Waals surface area contributed by atoms with E-state index in [0.717, 1.165) is 0 Å². The number of carbonyl (C=O) groups excluding carboxylic acids is 1. The van der Waals surface area contributed by atoms with E-state index in [1.807, 2.05) is 6.92 Å². The quantitative estimate of drug-likeness (QED) is 0.696. The highest BCUT2D eigenvalue weighted by atomic mass is 16.6. The molecule has 0 aromatic heterocycles. The summed E-state index contributed by atoms with van der Waals surface area (Å²) < 4.78 is 10.4. The van der Waals surface area contributed by atoms with Crippen LogP contribution in [0.4, 0.5) is 0 Å². The third-order valence-corrected chi connectivity index (χ3v) is 2.52. The molecule has 17 heavy (non-hydrogen) atoms. The topological polar surface area (TPSA) is 84.9 Å². The first-order valence-electron chi connectivity index (χ1n) is 5.81. The van der Waals surface area contributed by atoms with Crippen LogP contribution < -0.4 is 5.32 Å². The number of carbonyl (C=O) groups is 2. The summed E-state index contributed by atoms with van der Waals surface area (Å²) >= 11 is 0. The van der Waals surface area contributed by atoms with Gasteiger partial charge in [-0.1, -0.05) is 0 Å². The van der Waals surface area contributed by atoms with Gasteiger partial charge in [-0.05, 0) is 19.8 Å². The summed E-state index contributed by atoms with van der Waals surface area (Å²) in [5, 5.41) is 11.3. The summed E-state index contributed by atoms with van der Waals surface area (Å²) in [7, 11) is 0. The minimum atomic E-state index is -0.812. The number of hydrogen-bond acceptors (Lipinski definition) is 4. The Morgan fingerprint density at radius 3 is 2.82 bits per heavy atom. The van der Waals surface area contributed by atoms with Gasteiger partial charge >= 0.3 is 5.97 Å². The van der Waals surface area contributed by atoms with Crippen molar-refractivity contribution in [3.63, 3.8) is 0 Å². The van der Waals surface area contributed by atoms with E-state index >= 15 is 0 Å². The Hall–Kier alpha value is -1.14. The zero-order valence-corrected chi connectivity index (χ0v) is 9.98. The molecule has 0 aromatic rings. The van der Waals surface area contributed by atoms with Gasteiger partial charge < -0.3 is 19.9 Å². The summed E-state index contributed by atoms with van der Waals surface area (Å²) in [4.78, 5) is 22.0. The lowest BCUT2D eigenvalue weighted by atomic mass is 10.1. The summed E-state index contributed by atoms with van der Waals surface area (Å²) in [6.07, 6.45) is 0.791. The molecular weight excluding hydrogens is 226 g/mol. The van der Waals surface area contributed by atoms with Gasteiger partial charge in [-0.3, -0.25) is 9.59 Å². The summed E-state index contributed by atoms with van der Waals surface area (Å²) in [6.45, 7) is 3.10. The number of amides is 1. The third kappa shape index (κ3) is 5.65. The van der Waals surface area contributed by atoms with Crippen molar-refractivity contribution in [3.8, 4) is 0 Å². The molecule has 0 bridgehead atoms. The van der Waals surface area contributed by atoms with Gasteiger partial charge in [0.15, 0.2) is 6.10 Å². The van der Waals surface area contributed by atoms with Crippen LogP contribution in [-0.2, 0) is 19.1 Å². The van der Waals surface area contributed by atoms with E-state index in [4.69, 9.17) is 14.6 Å². The molecule has 0 saturated carbocycles. The lowest BCUT2D eigenvalue weighted by Crippen LogP contribution is -2.45. The number of carboxylic acid groups (broad SMARTS) is 1. The van der Waals surface area contributed by atoms with Crippen molar-refractivity contribution in [2.24, 2.45) is 0 Å². The predicted molar refractivity (Wildman–Crippen MR) is 59.7 cm³/mol. The Morgan fingerprint density at radius 1 is 1.47 bits per heavy atom. The molecule has 1 aliphatic rings. The highest BCUT2D eigenvalue weighted by Crippen LogP contribution is 2.04. The molecule has 2 atom stereocenters. The van der Waals surface area contributed by atoms with Gasteiger partial charge in [0, 0.05) is 12.5 Å². The second-order valence-corrected chi connectivity index (χ2v) is 4.13. The molecule has 1 rings (SSSR count). The smallest absolute Gasteiger partial charge is 0.303 e. The highest BCUT2D eigenvalue weighted by Gasteiger charge is 2.23. The fourth-order valence-electron chi connectivity index (χ4n) is 1.61. The molecule has 98 valence electrons. The fourth-order valence-corrected chi connectivity index (χ4v) is 1.61. The van der Waals surface area contributed by atoms with Crippen LogP contribution in [0.5, 0.6) is 0 Å². The average Bonchev–Trinajstić information content (AvgIpc) is 2.29. The zero-order chi connectivity index (χ0) is 12.7. The van der Waals surface area contributed by atoms with Crippen LogP contribution in [0.1, 0.15) is 26.2 Å². The van der Waals surface area contributed by atoms with E-state index in [1.165, 1.54) is 0 Å². The molecule has 1 heterocycles. The number of hydrogen-bond donors (Lipinski definition) is 2. The van der Waals surface area contributed by atoms with Crippen molar-refractivity contribution in [1.82, 2.24) is 5.32 Å². The van der Waals surface area contributed by atoms with Gasteiger partial charge in [0.25, 0.3) is 5.91 Å². The molecule has 0 aromatic carbocycles. The Balaban J connectivity index is 2.18. The second-order valence-electron chi connectivity index (χ2n) is 4.13. The molecule has 0 spiro atoms. The van der Waals surface area contributed by atoms with E-state index in [1.54, 1.807) is 0 Å². The van der Waals surface area contributed by atoms with Gasteiger partial charge in [-0.25, -0.2) is 0 Å². The molecule has 6 heteroatoms. The van der Waals surface area contributed by atoms with Crippen LogP contribution in [0.2, 0.25) is 0 Å². The Bertz CT molecular complexity index is 263. The molecule has 6 nitrogen and oxygen atoms in total. The molecule has 1 amide bonds. The van der Waals surface area contributed by atoms with Gasteiger partial charge in [0.1, 0.15) is 0 Å². The van der Waals surface area contributed by atoms with E-state index in [2.05, 4.69) is 5.32 Å². The number of ether oxygens (including phenoxy) is 2. The molecule has 1 fully saturated rings. The maximum absolute atomic E-state index is 11.7. The van der Waals surface area contributed by atoms with Crippen molar-refractivity contribution >= 4 is 11.9 Å². The first-order chi connectivity index (χ1) is 8.09. The highest BCUT2D eigenvalue weighted by molar-refractivity contribution is 5.81. The van der Waals surface area contributed by atoms with Gasteiger partial charge in [-0.2, -0.15) is 0 Å². The number of aliphatic carboxylic acids is 1. The molecular formula is C11H19NO5. The van der Waals surface area contributed by atoms with Crippen molar-refractivity contribution in [2.45, 2.75) is 38.3 Å². The van der Waals surface area contributed by atoms with Crippen molar-refractivity contribution in [1.29, 1.82) is 0 Å². The summed E-state index contributed by atoms with van der Waals surface area (Å²) in [5.74, 6) is -1.000. The van der Waals surface area contributed by atoms with E-state index in [9.17, 15) is 9.59 Å². The van der Waals surface area contributed by atoms with Gasteiger partial charge in [0.2, 0.25) is 0 Å². The van der Waals surface area contributed by atoms with Gasteiger partial charge in [0.05, 0.1) is 19.8 Å². The number of nitrogens with one attached hydrogen (secondary N) is 1. The molecule has 1 saturated heterocycles. The SMILES string of the molecule is CC(CCCC(=O)O)NC(=O)C1COCCO1. The van der Waals surface area contributed by atoms with Gasteiger partial charge in [-0.15, -0.1) is 0 Å². The van der Waals surface area contributed by atoms with Crippen LogP contribution in [0.25, 0.3) is 0 Å². The third-order valence-electron chi connectivity index (χ3n) is 2.52. The Labute approximate surface area is 100 Å². The van der Waals surface area contributed by atoms with E-state index in [-0.39, 0.29) is 25.0 Å². The van der Waals surface area contributed by atoms with Crippen molar-refractivity contribution in [2.75, 3.05) is 19.8 Å². The first kappa shape index (κ1) is 13.9. The maximum Gasteiger partial charge on any atom is 0.303 e. The molecule has 1 aliphatic heterocycles. The first-order valence-corrected chi connectivity index (χ1v) is 5.81. The Morgan fingerprint density at radius 2 is 2.24 bits per heavy atom. The van der Waals surface area contributed by atoms with Crippen LogP contribution in [0.15, 0.2) is 0 Å². The standard InChI is InChI=1S/C11H19NO5/c1-8(3-2-4-10(13)14)12-11(15)9-7-16-5-6-17-9/h8-9H,2-7H2,1H3,(H,12,15)(H,13,14). The van der Waals surface area contributed by atoms with Crippen LogP contribution >= 0.6 is 0 Å². The lowest BCUT2D eigenvalue weighted by Gasteiger charge is -2.24. The predicted octanol–water partition coefficient (Wildman–Crippen LogP) is 0.161. The summed E-state index contributed by atoms with van der Waals surface area (Å²) in [5.41, 5.74) is 0. The van der Waals surface area contributed by atoms with E-state index in [0.29, 0.717) is 26.1 Å². The zero-order valence-electron chi connectivity index (χ0n) is 9.98. The molecule has 0 radical (unpaired) electrons. The second kappa shape index (κ2) is 7.24.